The summed E-state index contributed by atoms with van der Waals surface area (Å²) in [6.45, 7) is 1.86. The van der Waals surface area contributed by atoms with Crippen LogP contribution >= 0.6 is 0 Å². The number of carbonyl (C=O) groups excluding carboxylic acids is 2. The van der Waals surface area contributed by atoms with Crippen LogP contribution in [-0.4, -0.2) is 37.2 Å². The first-order chi connectivity index (χ1) is 7.49. The largest absolute Gasteiger partial charge is 0.325 e. The molecule has 0 aliphatic rings. The lowest BCUT2D eigenvalue weighted by molar-refractivity contribution is -0.116. The molecule has 1 rings (SSSR count). The Balaban J connectivity index is 2.62. The van der Waals surface area contributed by atoms with Crippen LogP contribution in [-0.2, 0) is 4.79 Å². The highest BCUT2D eigenvalue weighted by atomic mass is 16.2. The number of hydrogen-bond acceptors (Lipinski definition) is 3. The van der Waals surface area contributed by atoms with Crippen molar-refractivity contribution in [1.82, 2.24) is 4.90 Å². The predicted octanol–water partition coefficient (Wildman–Crippen LogP) is 1.39. The predicted molar refractivity (Wildman–Crippen MR) is 63.6 cm³/mol. The maximum absolute atomic E-state index is 11.4. The first-order valence-electron chi connectivity index (χ1n) is 5.04. The van der Waals surface area contributed by atoms with E-state index in [-0.39, 0.29) is 11.7 Å². The summed E-state index contributed by atoms with van der Waals surface area (Å²) in [5, 5.41) is 2.75. The van der Waals surface area contributed by atoms with Gasteiger partial charge in [0.15, 0.2) is 5.78 Å². The topological polar surface area (TPSA) is 49.4 Å². The summed E-state index contributed by atoms with van der Waals surface area (Å²) in [4.78, 5) is 24.2. The summed E-state index contributed by atoms with van der Waals surface area (Å²) >= 11 is 0. The Bertz CT molecular complexity index is 383. The van der Waals surface area contributed by atoms with Crippen molar-refractivity contribution >= 4 is 17.4 Å². The average Bonchev–Trinajstić information content (AvgIpc) is 2.16. The highest BCUT2D eigenvalue weighted by molar-refractivity contribution is 5.96. The van der Waals surface area contributed by atoms with Crippen LogP contribution in [0.4, 0.5) is 5.69 Å². The van der Waals surface area contributed by atoms with Crippen molar-refractivity contribution in [2.45, 2.75) is 6.92 Å². The molecule has 1 N–H and O–H groups in total. The van der Waals surface area contributed by atoms with Gasteiger partial charge in [0, 0.05) is 11.3 Å². The first kappa shape index (κ1) is 12.4. The summed E-state index contributed by atoms with van der Waals surface area (Å²) in [5.41, 5.74) is 1.35. The molecule has 16 heavy (non-hydrogen) atoms. The molecule has 0 heterocycles. The van der Waals surface area contributed by atoms with Crippen LogP contribution in [0.25, 0.3) is 0 Å². The van der Waals surface area contributed by atoms with Crippen molar-refractivity contribution in [2.75, 3.05) is 26.0 Å². The van der Waals surface area contributed by atoms with Crippen LogP contribution < -0.4 is 5.32 Å². The molecule has 0 aliphatic heterocycles. The lowest BCUT2D eigenvalue weighted by Gasteiger charge is -2.10. The Morgan fingerprint density at radius 3 is 2.19 bits per heavy atom. The first-order valence-corrected chi connectivity index (χ1v) is 5.04. The van der Waals surface area contributed by atoms with Crippen molar-refractivity contribution in [3.05, 3.63) is 29.8 Å². The number of hydrogen-bond donors (Lipinski definition) is 1. The van der Waals surface area contributed by atoms with Crippen LogP contribution in [0, 0.1) is 0 Å². The van der Waals surface area contributed by atoms with Crippen molar-refractivity contribution in [1.29, 1.82) is 0 Å². The van der Waals surface area contributed by atoms with Gasteiger partial charge in [-0.3, -0.25) is 9.59 Å². The molecule has 0 unspecified atom stereocenters. The fourth-order valence-electron chi connectivity index (χ4n) is 1.28. The number of nitrogens with one attached hydrogen (secondary N) is 1. The maximum Gasteiger partial charge on any atom is 0.238 e. The normalized spacial score (nSPS) is 10.2. The molecular formula is C12H16N2O2. The summed E-state index contributed by atoms with van der Waals surface area (Å²) in [5.74, 6) is -0.0493. The molecule has 0 saturated heterocycles. The minimum Gasteiger partial charge on any atom is -0.325 e. The number of carbonyl (C=O) groups is 2. The molecule has 4 nitrogen and oxygen atoms in total. The summed E-state index contributed by atoms with van der Waals surface area (Å²) in [6, 6.07) is 6.86. The van der Waals surface area contributed by atoms with Gasteiger partial charge in [0.25, 0.3) is 0 Å². The molecule has 1 aromatic rings. The number of amides is 1. The van der Waals surface area contributed by atoms with Crippen molar-refractivity contribution in [2.24, 2.45) is 0 Å². The monoisotopic (exact) mass is 220 g/mol. The van der Waals surface area contributed by atoms with Crippen LogP contribution in [0.5, 0.6) is 0 Å². The smallest absolute Gasteiger partial charge is 0.238 e. The zero-order chi connectivity index (χ0) is 12.1. The van der Waals surface area contributed by atoms with Crippen molar-refractivity contribution < 1.29 is 9.59 Å². The molecular weight excluding hydrogens is 204 g/mol. The lowest BCUT2D eigenvalue weighted by atomic mass is 10.1. The second-order valence-corrected chi connectivity index (χ2v) is 3.92. The molecule has 0 aliphatic carbocycles. The number of ketones is 1. The molecule has 0 spiro atoms. The Morgan fingerprint density at radius 1 is 1.19 bits per heavy atom. The van der Waals surface area contributed by atoms with Crippen LogP contribution in [0.3, 0.4) is 0 Å². The second kappa shape index (κ2) is 5.42. The summed E-state index contributed by atoms with van der Waals surface area (Å²) in [6.07, 6.45) is 0. The molecule has 0 aromatic heterocycles. The number of nitrogens with zero attached hydrogens (tertiary/aromatic N) is 1. The minimum absolute atomic E-state index is 0.0196. The van der Waals surface area contributed by atoms with Crippen LogP contribution in [0.15, 0.2) is 24.3 Å². The van der Waals surface area contributed by atoms with E-state index in [1.807, 2.05) is 14.1 Å². The fraction of sp³-hybridized carbons (Fsp3) is 0.333. The van der Waals surface area contributed by atoms with Gasteiger partial charge in [-0.2, -0.15) is 0 Å². The minimum atomic E-state index is -0.0689. The number of Topliss-reactive ketones (excluding diaryl/α,β-unsaturated/α-hetero) is 1. The van der Waals surface area contributed by atoms with E-state index < -0.39 is 0 Å². The SMILES string of the molecule is CC(=O)c1ccc(NC(=O)CN(C)C)cc1. The third-order valence-electron chi connectivity index (χ3n) is 2.04. The Hall–Kier alpha value is -1.68. The molecule has 4 heteroatoms. The molecule has 0 saturated carbocycles. The van der Waals surface area contributed by atoms with Crippen LogP contribution in [0.1, 0.15) is 17.3 Å². The van der Waals surface area contributed by atoms with E-state index in [9.17, 15) is 9.59 Å². The standard InChI is InChI=1S/C12H16N2O2/c1-9(15)10-4-6-11(7-5-10)13-12(16)8-14(2)3/h4-7H,8H2,1-3H3,(H,13,16). The molecule has 0 radical (unpaired) electrons. The van der Waals surface area contributed by atoms with E-state index in [0.717, 1.165) is 0 Å². The van der Waals surface area contributed by atoms with Crippen LogP contribution in [0.2, 0.25) is 0 Å². The molecule has 1 aromatic carbocycles. The molecule has 1 amide bonds. The summed E-state index contributed by atoms with van der Waals surface area (Å²) in [7, 11) is 3.66. The van der Waals surface area contributed by atoms with Crippen molar-refractivity contribution in [3.63, 3.8) is 0 Å². The van der Waals surface area contributed by atoms with Gasteiger partial charge in [-0.1, -0.05) is 0 Å². The van der Waals surface area contributed by atoms with Gasteiger partial charge in [-0.15, -0.1) is 0 Å². The molecule has 86 valence electrons. The van der Waals surface area contributed by atoms with E-state index in [1.165, 1.54) is 6.92 Å². The van der Waals surface area contributed by atoms with Gasteiger partial charge >= 0.3 is 0 Å². The zero-order valence-electron chi connectivity index (χ0n) is 9.78. The molecule has 0 atom stereocenters. The molecule has 0 fully saturated rings. The third kappa shape index (κ3) is 3.82. The quantitative estimate of drug-likeness (QED) is 0.780. The van der Waals surface area contributed by atoms with Gasteiger partial charge in [0.05, 0.1) is 6.54 Å². The second-order valence-electron chi connectivity index (χ2n) is 3.92. The Kier molecular flexibility index (Phi) is 4.19. The van der Waals surface area contributed by atoms with Crippen molar-refractivity contribution in [3.8, 4) is 0 Å². The Labute approximate surface area is 95.3 Å². The van der Waals surface area contributed by atoms with E-state index in [4.69, 9.17) is 0 Å². The van der Waals surface area contributed by atoms with Gasteiger partial charge in [0.1, 0.15) is 0 Å². The van der Waals surface area contributed by atoms with Gasteiger partial charge in [0.2, 0.25) is 5.91 Å². The van der Waals surface area contributed by atoms with Gasteiger partial charge in [-0.25, -0.2) is 0 Å². The van der Waals surface area contributed by atoms with E-state index in [2.05, 4.69) is 5.32 Å². The zero-order valence-corrected chi connectivity index (χ0v) is 9.78. The fourth-order valence-corrected chi connectivity index (χ4v) is 1.28. The lowest BCUT2D eigenvalue weighted by Crippen LogP contribution is -2.27. The van der Waals surface area contributed by atoms with Gasteiger partial charge < -0.3 is 10.2 Å². The maximum atomic E-state index is 11.4. The number of anilines is 1. The Morgan fingerprint density at radius 2 is 1.75 bits per heavy atom. The van der Waals surface area contributed by atoms with E-state index >= 15 is 0 Å². The third-order valence-corrected chi connectivity index (χ3v) is 2.04. The van der Waals surface area contributed by atoms with E-state index in [0.29, 0.717) is 17.8 Å². The van der Waals surface area contributed by atoms with E-state index in [1.54, 1.807) is 29.2 Å². The highest BCUT2D eigenvalue weighted by Crippen LogP contribution is 2.09. The number of benzene rings is 1. The highest BCUT2D eigenvalue weighted by Gasteiger charge is 2.04. The number of rotatable bonds is 4. The number of likely N-dealkylation sites (N-methyl/N-ethyl adjacent to an activating group) is 1. The summed E-state index contributed by atoms with van der Waals surface area (Å²) < 4.78 is 0. The molecule has 0 bridgehead atoms. The average molecular weight is 220 g/mol. The van der Waals surface area contributed by atoms with Gasteiger partial charge in [-0.05, 0) is 45.3 Å².